The Morgan fingerprint density at radius 1 is 1.32 bits per heavy atom. The fourth-order valence-electron chi connectivity index (χ4n) is 2.91. The van der Waals surface area contributed by atoms with Gasteiger partial charge >= 0.3 is 0 Å². The minimum Gasteiger partial charge on any atom is -0.376 e. The van der Waals surface area contributed by atoms with Crippen molar-refractivity contribution < 1.29 is 4.79 Å². The highest BCUT2D eigenvalue weighted by molar-refractivity contribution is 6.31. The van der Waals surface area contributed by atoms with Gasteiger partial charge in [-0.25, -0.2) is 0 Å². The molecule has 1 unspecified atom stereocenters. The zero-order valence-corrected chi connectivity index (χ0v) is 13.5. The number of carbonyl (C=O) groups is 1. The van der Waals surface area contributed by atoms with E-state index in [2.05, 4.69) is 18.3 Å². The summed E-state index contributed by atoms with van der Waals surface area (Å²) in [5.41, 5.74) is 4.16. The Morgan fingerprint density at radius 3 is 2.86 bits per heavy atom. The molecule has 0 aromatic heterocycles. The molecule has 0 radical (unpaired) electrons. The van der Waals surface area contributed by atoms with E-state index < -0.39 is 0 Å². The SMILES string of the molecule is Cc1ccc(NCC(=O)N2c3ccccc3CC2C)cc1Cl. The van der Waals surface area contributed by atoms with Crippen molar-refractivity contribution in [2.45, 2.75) is 26.3 Å². The number of hydrogen-bond acceptors (Lipinski definition) is 2. The summed E-state index contributed by atoms with van der Waals surface area (Å²) in [6.45, 7) is 4.30. The van der Waals surface area contributed by atoms with Crippen LogP contribution in [0, 0.1) is 6.92 Å². The molecule has 0 spiro atoms. The zero-order valence-electron chi connectivity index (χ0n) is 12.8. The predicted molar refractivity (Wildman–Crippen MR) is 91.8 cm³/mol. The number of nitrogens with zero attached hydrogens (tertiary/aromatic N) is 1. The number of hydrogen-bond donors (Lipinski definition) is 1. The molecule has 2 aromatic carbocycles. The molecule has 22 heavy (non-hydrogen) atoms. The molecule has 3 nitrogen and oxygen atoms in total. The van der Waals surface area contributed by atoms with Crippen molar-refractivity contribution in [3.05, 3.63) is 58.6 Å². The van der Waals surface area contributed by atoms with E-state index in [-0.39, 0.29) is 18.5 Å². The lowest BCUT2D eigenvalue weighted by Gasteiger charge is -2.23. The normalized spacial score (nSPS) is 16.5. The van der Waals surface area contributed by atoms with Crippen LogP contribution in [-0.4, -0.2) is 18.5 Å². The lowest BCUT2D eigenvalue weighted by atomic mass is 10.1. The highest BCUT2D eigenvalue weighted by atomic mass is 35.5. The van der Waals surface area contributed by atoms with E-state index in [4.69, 9.17) is 11.6 Å². The molecule has 0 bridgehead atoms. The van der Waals surface area contributed by atoms with Crippen molar-refractivity contribution >= 4 is 28.9 Å². The van der Waals surface area contributed by atoms with E-state index in [9.17, 15) is 4.79 Å². The number of benzene rings is 2. The van der Waals surface area contributed by atoms with Gasteiger partial charge in [-0.1, -0.05) is 35.9 Å². The maximum atomic E-state index is 12.6. The van der Waals surface area contributed by atoms with Gasteiger partial charge in [-0.3, -0.25) is 4.79 Å². The number of halogens is 1. The number of aryl methyl sites for hydroxylation is 1. The third-order valence-corrected chi connectivity index (χ3v) is 4.50. The molecule has 2 aromatic rings. The summed E-state index contributed by atoms with van der Waals surface area (Å²) < 4.78 is 0. The highest BCUT2D eigenvalue weighted by Crippen LogP contribution is 2.31. The van der Waals surface area contributed by atoms with Crippen LogP contribution in [0.4, 0.5) is 11.4 Å². The molecule has 0 saturated carbocycles. The number of anilines is 2. The van der Waals surface area contributed by atoms with Gasteiger partial charge in [-0.05, 0) is 49.6 Å². The van der Waals surface area contributed by atoms with Crippen LogP contribution in [-0.2, 0) is 11.2 Å². The van der Waals surface area contributed by atoms with Crippen molar-refractivity contribution in [2.75, 3.05) is 16.8 Å². The fourth-order valence-corrected chi connectivity index (χ4v) is 3.09. The summed E-state index contributed by atoms with van der Waals surface area (Å²) in [5, 5.41) is 3.87. The third-order valence-electron chi connectivity index (χ3n) is 4.09. The van der Waals surface area contributed by atoms with E-state index in [1.807, 2.05) is 48.2 Å². The first kappa shape index (κ1) is 14.9. The van der Waals surface area contributed by atoms with Gasteiger partial charge < -0.3 is 10.2 Å². The van der Waals surface area contributed by atoms with Gasteiger partial charge in [0.05, 0.1) is 6.54 Å². The van der Waals surface area contributed by atoms with Gasteiger partial charge in [0.2, 0.25) is 5.91 Å². The first-order chi connectivity index (χ1) is 10.6. The van der Waals surface area contributed by atoms with Crippen LogP contribution in [0.2, 0.25) is 5.02 Å². The second-order valence-electron chi connectivity index (χ2n) is 5.76. The van der Waals surface area contributed by atoms with E-state index in [1.165, 1.54) is 5.56 Å². The summed E-state index contributed by atoms with van der Waals surface area (Å²) in [4.78, 5) is 14.5. The van der Waals surface area contributed by atoms with Gasteiger partial charge in [-0.15, -0.1) is 0 Å². The number of nitrogens with one attached hydrogen (secondary N) is 1. The smallest absolute Gasteiger partial charge is 0.246 e. The Bertz CT molecular complexity index is 714. The molecule has 1 amide bonds. The molecule has 0 saturated heterocycles. The fraction of sp³-hybridized carbons (Fsp3) is 0.278. The topological polar surface area (TPSA) is 32.3 Å². The van der Waals surface area contributed by atoms with Crippen LogP contribution in [0.15, 0.2) is 42.5 Å². The summed E-state index contributed by atoms with van der Waals surface area (Å²) in [7, 11) is 0. The van der Waals surface area contributed by atoms with Crippen molar-refractivity contribution in [2.24, 2.45) is 0 Å². The Kier molecular flexibility index (Phi) is 4.08. The Balaban J connectivity index is 1.71. The molecule has 1 atom stereocenters. The molecule has 0 fully saturated rings. The lowest BCUT2D eigenvalue weighted by Crippen LogP contribution is -2.39. The molecule has 1 N–H and O–H groups in total. The van der Waals surface area contributed by atoms with Crippen molar-refractivity contribution in [1.29, 1.82) is 0 Å². The second-order valence-corrected chi connectivity index (χ2v) is 6.17. The average molecular weight is 315 g/mol. The van der Waals surface area contributed by atoms with Crippen molar-refractivity contribution in [3.8, 4) is 0 Å². The maximum absolute atomic E-state index is 12.6. The largest absolute Gasteiger partial charge is 0.376 e. The van der Waals surface area contributed by atoms with Crippen LogP contribution in [0.5, 0.6) is 0 Å². The summed E-state index contributed by atoms with van der Waals surface area (Å²) in [6.07, 6.45) is 0.915. The summed E-state index contributed by atoms with van der Waals surface area (Å²) in [6, 6.07) is 14.0. The molecular weight excluding hydrogens is 296 g/mol. The Labute approximate surface area is 135 Å². The number of para-hydroxylation sites is 1. The number of carbonyl (C=O) groups excluding carboxylic acids is 1. The van der Waals surface area contributed by atoms with Crippen LogP contribution >= 0.6 is 11.6 Å². The standard InChI is InChI=1S/C18H19ClN2O/c1-12-7-8-15(10-16(12)19)20-11-18(22)21-13(2)9-14-5-3-4-6-17(14)21/h3-8,10,13,20H,9,11H2,1-2H3. The molecule has 0 aliphatic carbocycles. The van der Waals surface area contributed by atoms with Gasteiger partial charge in [0.25, 0.3) is 0 Å². The van der Waals surface area contributed by atoms with Crippen LogP contribution in [0.1, 0.15) is 18.1 Å². The first-order valence-electron chi connectivity index (χ1n) is 7.46. The van der Waals surface area contributed by atoms with E-state index >= 15 is 0 Å². The van der Waals surface area contributed by atoms with Crippen LogP contribution < -0.4 is 10.2 Å². The van der Waals surface area contributed by atoms with E-state index in [0.29, 0.717) is 5.02 Å². The molecule has 1 aliphatic heterocycles. The maximum Gasteiger partial charge on any atom is 0.246 e. The minimum absolute atomic E-state index is 0.0779. The van der Waals surface area contributed by atoms with Gasteiger partial charge in [0.1, 0.15) is 0 Å². The number of fused-ring (bicyclic) bond motifs is 1. The van der Waals surface area contributed by atoms with Crippen LogP contribution in [0.3, 0.4) is 0 Å². The Morgan fingerprint density at radius 2 is 2.09 bits per heavy atom. The van der Waals surface area contributed by atoms with Gasteiger partial charge in [0.15, 0.2) is 0 Å². The molecule has 1 heterocycles. The third kappa shape index (κ3) is 2.81. The van der Waals surface area contributed by atoms with E-state index in [1.54, 1.807) is 0 Å². The first-order valence-corrected chi connectivity index (χ1v) is 7.84. The zero-order chi connectivity index (χ0) is 15.7. The van der Waals surface area contributed by atoms with Crippen molar-refractivity contribution in [1.82, 2.24) is 0 Å². The molecule has 3 rings (SSSR count). The summed E-state index contributed by atoms with van der Waals surface area (Å²) in [5.74, 6) is 0.0779. The van der Waals surface area contributed by atoms with Crippen molar-refractivity contribution in [3.63, 3.8) is 0 Å². The van der Waals surface area contributed by atoms with Gasteiger partial charge in [0, 0.05) is 22.4 Å². The predicted octanol–water partition coefficient (Wildman–Crippen LogP) is 4.04. The number of rotatable bonds is 3. The Hall–Kier alpha value is -2.00. The highest BCUT2D eigenvalue weighted by Gasteiger charge is 2.30. The average Bonchev–Trinajstić information content (AvgIpc) is 2.84. The number of amides is 1. The minimum atomic E-state index is 0.0779. The lowest BCUT2D eigenvalue weighted by molar-refractivity contribution is -0.117. The molecule has 4 heteroatoms. The monoisotopic (exact) mass is 314 g/mol. The van der Waals surface area contributed by atoms with Crippen LogP contribution in [0.25, 0.3) is 0 Å². The second kappa shape index (κ2) is 6.01. The molecule has 1 aliphatic rings. The van der Waals surface area contributed by atoms with E-state index in [0.717, 1.165) is 23.4 Å². The molecular formula is C18H19ClN2O. The quantitative estimate of drug-likeness (QED) is 0.927. The van der Waals surface area contributed by atoms with Gasteiger partial charge in [-0.2, -0.15) is 0 Å². The summed E-state index contributed by atoms with van der Waals surface area (Å²) >= 11 is 6.11. The molecule has 114 valence electrons.